The lowest BCUT2D eigenvalue weighted by Crippen LogP contribution is -1.98. The second-order valence-corrected chi connectivity index (χ2v) is 4.55. The zero-order chi connectivity index (χ0) is 8.97. The highest BCUT2D eigenvalue weighted by Crippen LogP contribution is 2.22. The normalized spacial score (nSPS) is 10.6. The highest BCUT2D eigenvalue weighted by atomic mass is 32.1. The fraction of sp³-hybridized carbons (Fsp3) is 0.600. The standard InChI is InChI=1S/C10H17NS/c1-8-7-9(2)12-10(8)5-3-4-6-11/h7H,3-6,11H2,1-2H3. The Morgan fingerprint density at radius 3 is 2.58 bits per heavy atom. The maximum Gasteiger partial charge on any atom is 0.00772 e. The van der Waals surface area contributed by atoms with Crippen molar-refractivity contribution in [1.82, 2.24) is 0 Å². The van der Waals surface area contributed by atoms with Gasteiger partial charge >= 0.3 is 0 Å². The van der Waals surface area contributed by atoms with Gasteiger partial charge in [0.05, 0.1) is 0 Å². The third-order valence-electron chi connectivity index (χ3n) is 2.00. The zero-order valence-corrected chi connectivity index (χ0v) is 8.71. The van der Waals surface area contributed by atoms with Crippen molar-refractivity contribution in [2.45, 2.75) is 33.1 Å². The van der Waals surface area contributed by atoms with Crippen LogP contribution in [0.4, 0.5) is 0 Å². The van der Waals surface area contributed by atoms with Crippen molar-refractivity contribution in [3.8, 4) is 0 Å². The number of hydrogen-bond acceptors (Lipinski definition) is 2. The van der Waals surface area contributed by atoms with Crippen LogP contribution in [0.15, 0.2) is 6.07 Å². The summed E-state index contributed by atoms with van der Waals surface area (Å²) < 4.78 is 0. The van der Waals surface area contributed by atoms with Crippen molar-refractivity contribution in [3.63, 3.8) is 0 Å². The minimum Gasteiger partial charge on any atom is -0.330 e. The molecule has 0 atom stereocenters. The van der Waals surface area contributed by atoms with Crippen LogP contribution in [0.1, 0.15) is 28.2 Å². The van der Waals surface area contributed by atoms with Gasteiger partial charge in [-0.15, -0.1) is 11.3 Å². The molecule has 0 aliphatic rings. The molecule has 0 saturated heterocycles. The molecule has 0 amide bonds. The molecule has 0 aromatic carbocycles. The smallest absolute Gasteiger partial charge is 0.00772 e. The average Bonchev–Trinajstić information content (AvgIpc) is 2.31. The molecule has 1 nitrogen and oxygen atoms in total. The van der Waals surface area contributed by atoms with Gasteiger partial charge in [-0.3, -0.25) is 0 Å². The number of unbranched alkanes of at least 4 members (excludes halogenated alkanes) is 1. The first-order chi connectivity index (χ1) is 5.74. The van der Waals surface area contributed by atoms with Crippen molar-refractivity contribution < 1.29 is 0 Å². The fourth-order valence-corrected chi connectivity index (χ4v) is 2.46. The van der Waals surface area contributed by atoms with E-state index >= 15 is 0 Å². The third-order valence-corrected chi connectivity index (χ3v) is 3.21. The van der Waals surface area contributed by atoms with Gasteiger partial charge in [-0.25, -0.2) is 0 Å². The Bertz CT molecular complexity index is 240. The Balaban J connectivity index is 2.45. The Kier molecular flexibility index (Phi) is 3.76. The maximum absolute atomic E-state index is 5.44. The van der Waals surface area contributed by atoms with Crippen LogP contribution in [0.5, 0.6) is 0 Å². The monoisotopic (exact) mass is 183 g/mol. The maximum atomic E-state index is 5.44. The van der Waals surface area contributed by atoms with Gasteiger partial charge in [-0.1, -0.05) is 0 Å². The van der Waals surface area contributed by atoms with Crippen LogP contribution >= 0.6 is 11.3 Å². The molecule has 0 unspecified atom stereocenters. The molecule has 1 rings (SSSR count). The molecule has 2 heteroatoms. The summed E-state index contributed by atoms with van der Waals surface area (Å²) in [6.45, 7) is 5.19. The van der Waals surface area contributed by atoms with E-state index in [2.05, 4.69) is 19.9 Å². The molecule has 2 N–H and O–H groups in total. The van der Waals surface area contributed by atoms with Crippen LogP contribution in [-0.2, 0) is 6.42 Å². The quantitative estimate of drug-likeness (QED) is 0.713. The minimum absolute atomic E-state index is 0.823. The van der Waals surface area contributed by atoms with E-state index in [4.69, 9.17) is 5.73 Å². The molecule has 1 heterocycles. The molecular weight excluding hydrogens is 166 g/mol. The van der Waals surface area contributed by atoms with E-state index in [-0.39, 0.29) is 0 Å². The lowest BCUT2D eigenvalue weighted by molar-refractivity contribution is 0.749. The average molecular weight is 183 g/mol. The molecule has 0 radical (unpaired) electrons. The summed E-state index contributed by atoms with van der Waals surface area (Å²) >= 11 is 1.92. The Morgan fingerprint density at radius 1 is 1.33 bits per heavy atom. The molecule has 0 saturated carbocycles. The number of aryl methyl sites for hydroxylation is 3. The number of hydrogen-bond donors (Lipinski definition) is 1. The summed E-state index contributed by atoms with van der Waals surface area (Å²) in [5, 5.41) is 0. The summed E-state index contributed by atoms with van der Waals surface area (Å²) in [5.41, 5.74) is 6.89. The Morgan fingerprint density at radius 2 is 2.08 bits per heavy atom. The molecule has 1 aromatic heterocycles. The van der Waals surface area contributed by atoms with Crippen LogP contribution in [0, 0.1) is 13.8 Å². The van der Waals surface area contributed by atoms with Crippen molar-refractivity contribution in [2.75, 3.05) is 6.54 Å². The van der Waals surface area contributed by atoms with Gasteiger partial charge in [0, 0.05) is 9.75 Å². The van der Waals surface area contributed by atoms with Gasteiger partial charge in [-0.2, -0.15) is 0 Å². The summed E-state index contributed by atoms with van der Waals surface area (Å²) in [4.78, 5) is 2.97. The van der Waals surface area contributed by atoms with Crippen LogP contribution in [0.3, 0.4) is 0 Å². The van der Waals surface area contributed by atoms with Crippen LogP contribution in [-0.4, -0.2) is 6.54 Å². The van der Waals surface area contributed by atoms with Crippen molar-refractivity contribution >= 4 is 11.3 Å². The first-order valence-electron chi connectivity index (χ1n) is 4.50. The zero-order valence-electron chi connectivity index (χ0n) is 7.89. The van der Waals surface area contributed by atoms with Crippen LogP contribution in [0.2, 0.25) is 0 Å². The minimum atomic E-state index is 0.823. The molecule has 1 aromatic rings. The third kappa shape index (κ3) is 2.61. The molecule has 0 spiro atoms. The van der Waals surface area contributed by atoms with E-state index in [1.807, 2.05) is 11.3 Å². The Labute approximate surface area is 78.6 Å². The molecule has 0 aliphatic carbocycles. The number of nitrogens with two attached hydrogens (primary N) is 1. The molecule has 0 aliphatic heterocycles. The number of rotatable bonds is 4. The van der Waals surface area contributed by atoms with Gasteiger partial charge in [-0.05, 0) is 51.3 Å². The van der Waals surface area contributed by atoms with E-state index in [9.17, 15) is 0 Å². The van der Waals surface area contributed by atoms with Crippen LogP contribution in [0.25, 0.3) is 0 Å². The highest BCUT2D eigenvalue weighted by molar-refractivity contribution is 7.12. The first kappa shape index (κ1) is 9.75. The SMILES string of the molecule is Cc1cc(C)c(CCCCN)s1. The van der Waals surface area contributed by atoms with E-state index in [1.165, 1.54) is 23.3 Å². The first-order valence-corrected chi connectivity index (χ1v) is 5.31. The lowest BCUT2D eigenvalue weighted by Gasteiger charge is -1.97. The Hall–Kier alpha value is -0.340. The molecular formula is C10H17NS. The summed E-state index contributed by atoms with van der Waals surface area (Å²) in [6.07, 6.45) is 3.59. The molecule has 0 bridgehead atoms. The van der Waals surface area contributed by atoms with Gasteiger partial charge < -0.3 is 5.73 Å². The van der Waals surface area contributed by atoms with Crippen molar-refractivity contribution in [1.29, 1.82) is 0 Å². The van der Waals surface area contributed by atoms with Gasteiger partial charge in [0.2, 0.25) is 0 Å². The number of thiophene rings is 1. The van der Waals surface area contributed by atoms with E-state index in [0.717, 1.165) is 13.0 Å². The molecule has 0 fully saturated rings. The van der Waals surface area contributed by atoms with Gasteiger partial charge in [0.15, 0.2) is 0 Å². The molecule has 68 valence electrons. The second kappa shape index (κ2) is 4.63. The topological polar surface area (TPSA) is 26.0 Å². The predicted octanol–water partition coefficient (Wildman–Crippen LogP) is 2.65. The van der Waals surface area contributed by atoms with E-state index in [1.54, 1.807) is 4.88 Å². The summed E-state index contributed by atoms with van der Waals surface area (Å²) in [5.74, 6) is 0. The summed E-state index contributed by atoms with van der Waals surface area (Å²) in [7, 11) is 0. The van der Waals surface area contributed by atoms with E-state index < -0.39 is 0 Å². The van der Waals surface area contributed by atoms with E-state index in [0.29, 0.717) is 0 Å². The van der Waals surface area contributed by atoms with Crippen LogP contribution < -0.4 is 5.73 Å². The molecule has 12 heavy (non-hydrogen) atoms. The largest absolute Gasteiger partial charge is 0.330 e. The predicted molar refractivity (Wildman–Crippen MR) is 55.8 cm³/mol. The summed E-state index contributed by atoms with van der Waals surface area (Å²) in [6, 6.07) is 2.27. The lowest BCUT2D eigenvalue weighted by atomic mass is 10.1. The van der Waals surface area contributed by atoms with Crippen molar-refractivity contribution in [3.05, 3.63) is 21.4 Å². The second-order valence-electron chi connectivity index (χ2n) is 3.21. The van der Waals surface area contributed by atoms with Crippen molar-refractivity contribution in [2.24, 2.45) is 5.73 Å². The highest BCUT2D eigenvalue weighted by Gasteiger charge is 2.01. The van der Waals surface area contributed by atoms with Gasteiger partial charge in [0.25, 0.3) is 0 Å². The van der Waals surface area contributed by atoms with Gasteiger partial charge in [0.1, 0.15) is 0 Å². The fourth-order valence-electron chi connectivity index (χ4n) is 1.37.